The minimum absolute atomic E-state index is 0.242. The Balaban J connectivity index is 1.45. The van der Waals surface area contributed by atoms with E-state index in [4.69, 9.17) is 16.3 Å². The van der Waals surface area contributed by atoms with Crippen molar-refractivity contribution in [2.24, 2.45) is 0 Å². The highest BCUT2D eigenvalue weighted by molar-refractivity contribution is 7.89. The molecular weight excluding hydrogens is 408 g/mol. The number of sulfonamides is 1. The molecule has 7 heteroatoms. The Morgan fingerprint density at radius 1 is 1.10 bits per heavy atom. The van der Waals surface area contributed by atoms with Crippen LogP contribution >= 0.6 is 11.6 Å². The third-order valence-corrected chi connectivity index (χ3v) is 8.11. The van der Waals surface area contributed by atoms with E-state index in [1.54, 1.807) is 16.4 Å². The van der Waals surface area contributed by atoms with Gasteiger partial charge in [-0.05, 0) is 49.1 Å². The lowest BCUT2D eigenvalue weighted by atomic mass is 10.0. The highest BCUT2D eigenvalue weighted by Gasteiger charge is 2.33. The normalized spacial score (nSPS) is 18.6. The van der Waals surface area contributed by atoms with Crippen LogP contribution in [0.15, 0.2) is 47.4 Å². The van der Waals surface area contributed by atoms with Gasteiger partial charge in [-0.15, -0.1) is 0 Å². The van der Waals surface area contributed by atoms with E-state index in [0.717, 1.165) is 42.0 Å². The number of halogens is 1. The van der Waals surface area contributed by atoms with Gasteiger partial charge < -0.3 is 9.64 Å². The van der Waals surface area contributed by atoms with Crippen molar-refractivity contribution in [2.75, 3.05) is 24.7 Å². The lowest BCUT2D eigenvalue weighted by molar-refractivity contribution is 0.0988. The Morgan fingerprint density at radius 3 is 2.52 bits per heavy atom. The zero-order chi connectivity index (χ0) is 20.4. The molecule has 0 saturated carbocycles. The summed E-state index contributed by atoms with van der Waals surface area (Å²) in [5, 5.41) is 0.721. The number of hydrogen-bond donors (Lipinski definition) is 0. The summed E-state index contributed by atoms with van der Waals surface area (Å²) in [6.45, 7) is 4.18. The number of hydrogen-bond acceptors (Lipinski definition) is 4. The molecule has 2 aromatic carbocycles. The highest BCUT2D eigenvalue weighted by Crippen LogP contribution is 2.35. The molecule has 2 aliphatic rings. The molecule has 1 fully saturated rings. The minimum atomic E-state index is -3.45. The Labute approximate surface area is 178 Å². The molecule has 1 saturated heterocycles. The van der Waals surface area contributed by atoms with Gasteiger partial charge in [0.1, 0.15) is 6.73 Å². The first-order valence-electron chi connectivity index (χ1n) is 10.2. The molecule has 0 bridgehead atoms. The molecule has 0 spiro atoms. The van der Waals surface area contributed by atoms with Gasteiger partial charge in [0.15, 0.2) is 0 Å². The maximum atomic E-state index is 13.1. The van der Waals surface area contributed by atoms with Crippen molar-refractivity contribution in [3.8, 4) is 0 Å². The SMILES string of the molecule is CCCc1ccc(S(=O)(=O)N2CCC(N3COCc4c(Cl)cccc43)CC2)cc1. The molecule has 2 aromatic rings. The maximum Gasteiger partial charge on any atom is 0.243 e. The van der Waals surface area contributed by atoms with Crippen LogP contribution in [-0.4, -0.2) is 38.6 Å². The van der Waals surface area contributed by atoms with Crippen LogP contribution in [0.4, 0.5) is 5.69 Å². The third kappa shape index (κ3) is 4.17. The fraction of sp³-hybridized carbons (Fsp3) is 0.455. The number of rotatable bonds is 5. The Bertz CT molecular complexity index is 955. The van der Waals surface area contributed by atoms with Gasteiger partial charge >= 0.3 is 0 Å². The molecule has 156 valence electrons. The molecule has 5 nitrogen and oxygen atoms in total. The lowest BCUT2D eigenvalue weighted by Crippen LogP contribution is -2.48. The smallest absolute Gasteiger partial charge is 0.243 e. The maximum absolute atomic E-state index is 13.1. The number of aryl methyl sites for hydroxylation is 1. The van der Waals surface area contributed by atoms with E-state index in [-0.39, 0.29) is 6.04 Å². The van der Waals surface area contributed by atoms with Gasteiger partial charge in [0.2, 0.25) is 10.0 Å². The monoisotopic (exact) mass is 434 g/mol. The molecular formula is C22H27ClN2O3S. The second-order valence-corrected chi connectivity index (χ2v) is 10.1. The fourth-order valence-electron chi connectivity index (χ4n) is 4.24. The van der Waals surface area contributed by atoms with Crippen LogP contribution in [0.1, 0.15) is 37.3 Å². The Morgan fingerprint density at radius 2 is 1.83 bits per heavy atom. The average Bonchev–Trinajstić information content (AvgIpc) is 2.74. The van der Waals surface area contributed by atoms with Gasteiger partial charge in [0.25, 0.3) is 0 Å². The van der Waals surface area contributed by atoms with Gasteiger partial charge in [-0.3, -0.25) is 0 Å². The third-order valence-electron chi connectivity index (χ3n) is 5.84. The summed E-state index contributed by atoms with van der Waals surface area (Å²) in [5.41, 5.74) is 3.30. The molecule has 0 amide bonds. The lowest BCUT2D eigenvalue weighted by Gasteiger charge is -2.41. The van der Waals surface area contributed by atoms with Crippen LogP contribution in [0.25, 0.3) is 0 Å². The van der Waals surface area contributed by atoms with E-state index < -0.39 is 10.0 Å². The van der Waals surface area contributed by atoms with E-state index in [2.05, 4.69) is 17.9 Å². The molecule has 0 aromatic heterocycles. The van der Waals surface area contributed by atoms with Crippen molar-refractivity contribution in [3.05, 3.63) is 58.6 Å². The van der Waals surface area contributed by atoms with Crippen LogP contribution in [0.5, 0.6) is 0 Å². The predicted octanol–water partition coefficient (Wildman–Crippen LogP) is 4.44. The van der Waals surface area contributed by atoms with Crippen LogP contribution in [0.2, 0.25) is 5.02 Å². The van der Waals surface area contributed by atoms with Crippen molar-refractivity contribution < 1.29 is 13.2 Å². The molecule has 0 radical (unpaired) electrons. The molecule has 0 unspecified atom stereocenters. The summed E-state index contributed by atoms with van der Waals surface area (Å²) in [6.07, 6.45) is 3.55. The van der Waals surface area contributed by atoms with Gasteiger partial charge in [-0.25, -0.2) is 8.42 Å². The van der Waals surface area contributed by atoms with Crippen molar-refractivity contribution >= 4 is 27.3 Å². The van der Waals surface area contributed by atoms with E-state index in [0.29, 0.717) is 31.3 Å². The van der Waals surface area contributed by atoms with E-state index in [9.17, 15) is 8.42 Å². The zero-order valence-corrected chi connectivity index (χ0v) is 18.3. The first kappa shape index (κ1) is 20.7. The number of nitrogens with zero attached hydrogens (tertiary/aromatic N) is 2. The van der Waals surface area contributed by atoms with E-state index >= 15 is 0 Å². The van der Waals surface area contributed by atoms with Crippen molar-refractivity contribution in [1.82, 2.24) is 4.31 Å². The summed E-state index contributed by atoms with van der Waals surface area (Å²) in [6, 6.07) is 13.5. The molecule has 2 heterocycles. The van der Waals surface area contributed by atoms with E-state index in [1.165, 1.54) is 5.56 Å². The van der Waals surface area contributed by atoms with Crippen molar-refractivity contribution in [2.45, 2.75) is 50.2 Å². The predicted molar refractivity (Wildman–Crippen MR) is 116 cm³/mol. The molecule has 0 atom stereocenters. The number of benzene rings is 2. The molecule has 2 aliphatic heterocycles. The van der Waals surface area contributed by atoms with Gasteiger partial charge in [0, 0.05) is 35.4 Å². The van der Waals surface area contributed by atoms with E-state index in [1.807, 2.05) is 24.3 Å². The summed E-state index contributed by atoms with van der Waals surface area (Å²) in [4.78, 5) is 2.61. The molecule has 4 rings (SSSR count). The topological polar surface area (TPSA) is 49.9 Å². The second-order valence-electron chi connectivity index (χ2n) is 7.71. The standard InChI is InChI=1S/C22H27ClN2O3S/c1-2-4-17-7-9-19(10-8-17)29(26,27)24-13-11-18(12-14-24)25-16-28-15-20-21(23)5-3-6-22(20)25/h3,5-10,18H,2,4,11-16H2,1H3. The molecule has 0 N–H and O–H groups in total. The summed E-state index contributed by atoms with van der Waals surface area (Å²) >= 11 is 6.33. The quantitative estimate of drug-likeness (QED) is 0.698. The van der Waals surface area contributed by atoms with Gasteiger partial charge in [0.05, 0.1) is 11.5 Å². The average molecular weight is 435 g/mol. The minimum Gasteiger partial charge on any atom is -0.356 e. The number of piperidine rings is 1. The summed E-state index contributed by atoms with van der Waals surface area (Å²) in [7, 11) is -3.45. The first-order chi connectivity index (χ1) is 14.0. The number of fused-ring (bicyclic) bond motifs is 1. The number of ether oxygens (including phenoxy) is 1. The van der Waals surface area contributed by atoms with Crippen LogP contribution in [0.3, 0.4) is 0 Å². The zero-order valence-electron chi connectivity index (χ0n) is 16.7. The van der Waals surface area contributed by atoms with Crippen LogP contribution in [-0.2, 0) is 27.8 Å². The van der Waals surface area contributed by atoms with Gasteiger partial charge in [-0.2, -0.15) is 4.31 Å². The van der Waals surface area contributed by atoms with Crippen LogP contribution < -0.4 is 4.90 Å². The summed E-state index contributed by atoms with van der Waals surface area (Å²) in [5.74, 6) is 0. The summed E-state index contributed by atoms with van der Waals surface area (Å²) < 4.78 is 33.5. The molecule has 29 heavy (non-hydrogen) atoms. The van der Waals surface area contributed by atoms with Gasteiger partial charge in [-0.1, -0.05) is 43.1 Å². The molecule has 0 aliphatic carbocycles. The highest BCUT2D eigenvalue weighted by atomic mass is 35.5. The Kier molecular flexibility index (Phi) is 6.16. The second kappa shape index (κ2) is 8.64. The van der Waals surface area contributed by atoms with Crippen molar-refractivity contribution in [1.29, 1.82) is 0 Å². The van der Waals surface area contributed by atoms with Crippen LogP contribution in [0, 0.1) is 0 Å². The fourth-order valence-corrected chi connectivity index (χ4v) is 5.93. The first-order valence-corrected chi connectivity index (χ1v) is 12.0. The Hall–Kier alpha value is -1.60. The number of anilines is 1. The van der Waals surface area contributed by atoms with Crippen molar-refractivity contribution in [3.63, 3.8) is 0 Å². The largest absolute Gasteiger partial charge is 0.356 e.